The summed E-state index contributed by atoms with van der Waals surface area (Å²) in [6.07, 6.45) is 6.60. The quantitative estimate of drug-likeness (QED) is 0.888. The van der Waals surface area contributed by atoms with Gasteiger partial charge in [0.15, 0.2) is 0 Å². The Bertz CT molecular complexity index is 386. The van der Waals surface area contributed by atoms with Gasteiger partial charge in [-0.25, -0.2) is 5.01 Å². The summed E-state index contributed by atoms with van der Waals surface area (Å²) in [5.41, 5.74) is 5.20. The zero-order valence-corrected chi connectivity index (χ0v) is 12.4. The van der Waals surface area contributed by atoms with Crippen molar-refractivity contribution in [3.63, 3.8) is 0 Å². The first-order valence-corrected chi connectivity index (χ1v) is 8.17. The van der Waals surface area contributed by atoms with E-state index in [2.05, 4.69) is 45.7 Å². The molecule has 3 rings (SSSR count). The van der Waals surface area contributed by atoms with Gasteiger partial charge in [-0.05, 0) is 37.8 Å². The van der Waals surface area contributed by atoms with Crippen LogP contribution in [-0.4, -0.2) is 48.7 Å². The Kier molecular flexibility index (Phi) is 5.06. The number of likely N-dealkylation sites (tertiary alicyclic amines) is 1. The van der Waals surface area contributed by atoms with Crippen LogP contribution in [0.15, 0.2) is 30.3 Å². The molecule has 3 nitrogen and oxygen atoms in total. The lowest BCUT2D eigenvalue weighted by Crippen LogP contribution is -2.48. The van der Waals surface area contributed by atoms with E-state index in [9.17, 15) is 0 Å². The van der Waals surface area contributed by atoms with Gasteiger partial charge in [0.1, 0.15) is 0 Å². The van der Waals surface area contributed by atoms with Gasteiger partial charge in [0, 0.05) is 32.2 Å². The third kappa shape index (κ3) is 4.05. The molecule has 1 N–H and O–H groups in total. The van der Waals surface area contributed by atoms with E-state index in [1.165, 1.54) is 70.4 Å². The minimum Gasteiger partial charge on any atom is -0.301 e. The maximum atomic E-state index is 3.74. The summed E-state index contributed by atoms with van der Waals surface area (Å²) in [5.74, 6) is 0. The average molecular weight is 273 g/mol. The van der Waals surface area contributed by atoms with Crippen LogP contribution in [0, 0.1) is 0 Å². The van der Waals surface area contributed by atoms with Crippen molar-refractivity contribution in [2.45, 2.75) is 38.1 Å². The summed E-state index contributed by atoms with van der Waals surface area (Å²) in [7, 11) is 0. The van der Waals surface area contributed by atoms with E-state index in [4.69, 9.17) is 0 Å². The highest BCUT2D eigenvalue weighted by atomic mass is 15.5. The molecule has 2 heterocycles. The molecule has 0 amide bonds. The summed E-state index contributed by atoms with van der Waals surface area (Å²) < 4.78 is 0. The van der Waals surface area contributed by atoms with Crippen molar-refractivity contribution in [3.8, 4) is 0 Å². The number of rotatable bonds is 5. The minimum atomic E-state index is 0.670. The van der Waals surface area contributed by atoms with Crippen molar-refractivity contribution >= 4 is 0 Å². The molecule has 2 aliphatic rings. The molecular weight excluding hydrogens is 246 g/mol. The van der Waals surface area contributed by atoms with E-state index in [1.54, 1.807) is 0 Å². The first-order chi connectivity index (χ1) is 9.90. The first kappa shape index (κ1) is 14.1. The van der Waals surface area contributed by atoms with Crippen molar-refractivity contribution in [1.29, 1.82) is 0 Å². The van der Waals surface area contributed by atoms with Gasteiger partial charge in [-0.15, -0.1) is 0 Å². The Hall–Kier alpha value is -0.900. The molecule has 1 aromatic rings. The molecule has 20 heavy (non-hydrogen) atoms. The van der Waals surface area contributed by atoms with Gasteiger partial charge >= 0.3 is 0 Å². The van der Waals surface area contributed by atoms with Crippen LogP contribution < -0.4 is 5.43 Å². The maximum Gasteiger partial charge on any atom is 0.0354 e. The number of hydrazine groups is 1. The van der Waals surface area contributed by atoms with E-state index in [1.807, 2.05) is 0 Å². The van der Waals surface area contributed by atoms with Crippen molar-refractivity contribution in [2.75, 3.05) is 32.7 Å². The Balaban J connectivity index is 1.38. The van der Waals surface area contributed by atoms with Gasteiger partial charge in [-0.2, -0.15) is 0 Å². The van der Waals surface area contributed by atoms with Crippen molar-refractivity contribution < 1.29 is 0 Å². The third-order valence-corrected chi connectivity index (χ3v) is 4.55. The third-order valence-electron chi connectivity index (χ3n) is 4.55. The molecule has 2 aliphatic heterocycles. The van der Waals surface area contributed by atoms with Crippen LogP contribution in [-0.2, 0) is 6.42 Å². The fourth-order valence-corrected chi connectivity index (χ4v) is 3.35. The molecule has 0 aliphatic carbocycles. The molecule has 0 aromatic heterocycles. The molecule has 1 atom stereocenters. The van der Waals surface area contributed by atoms with E-state index >= 15 is 0 Å². The Labute approximate surface area is 122 Å². The molecule has 0 bridgehead atoms. The number of nitrogens with zero attached hydrogens (tertiary/aromatic N) is 2. The number of hydrogen-bond donors (Lipinski definition) is 1. The number of hydrogen-bond acceptors (Lipinski definition) is 3. The molecule has 0 saturated carbocycles. The number of piperidine rings is 1. The Morgan fingerprint density at radius 2 is 1.80 bits per heavy atom. The fourth-order valence-electron chi connectivity index (χ4n) is 3.35. The molecule has 110 valence electrons. The van der Waals surface area contributed by atoms with E-state index in [-0.39, 0.29) is 0 Å². The number of benzene rings is 1. The molecule has 3 heteroatoms. The molecule has 2 saturated heterocycles. The second-order valence-corrected chi connectivity index (χ2v) is 6.20. The summed E-state index contributed by atoms with van der Waals surface area (Å²) in [5, 5.41) is 2.45. The van der Waals surface area contributed by atoms with Gasteiger partial charge in [0.05, 0.1) is 0 Å². The average Bonchev–Trinajstić information content (AvgIpc) is 2.95. The highest BCUT2D eigenvalue weighted by Crippen LogP contribution is 2.13. The van der Waals surface area contributed by atoms with E-state index in [0.717, 1.165) is 0 Å². The summed E-state index contributed by atoms with van der Waals surface area (Å²) in [6, 6.07) is 11.5. The Morgan fingerprint density at radius 3 is 2.60 bits per heavy atom. The zero-order valence-electron chi connectivity index (χ0n) is 12.4. The van der Waals surface area contributed by atoms with Crippen molar-refractivity contribution in [3.05, 3.63) is 35.9 Å². The largest absolute Gasteiger partial charge is 0.301 e. The van der Waals surface area contributed by atoms with Crippen LogP contribution in [0.1, 0.15) is 31.2 Å². The zero-order chi connectivity index (χ0) is 13.6. The van der Waals surface area contributed by atoms with Crippen molar-refractivity contribution in [1.82, 2.24) is 15.3 Å². The lowest BCUT2D eigenvalue weighted by Gasteiger charge is -2.30. The second-order valence-electron chi connectivity index (χ2n) is 6.20. The lowest BCUT2D eigenvalue weighted by molar-refractivity contribution is 0.129. The summed E-state index contributed by atoms with van der Waals surface area (Å²) in [4.78, 5) is 2.61. The lowest BCUT2D eigenvalue weighted by atomic mass is 10.1. The predicted molar refractivity (Wildman–Crippen MR) is 83.6 cm³/mol. The highest BCUT2D eigenvalue weighted by Gasteiger charge is 2.24. The van der Waals surface area contributed by atoms with Crippen LogP contribution in [0.2, 0.25) is 0 Å². The van der Waals surface area contributed by atoms with E-state index < -0.39 is 0 Å². The topological polar surface area (TPSA) is 18.5 Å². The SMILES string of the molecule is c1ccc(CCN2CCC(NN3CCCCC3)C2)cc1. The van der Waals surface area contributed by atoms with Crippen molar-refractivity contribution in [2.24, 2.45) is 0 Å². The second kappa shape index (κ2) is 7.21. The van der Waals surface area contributed by atoms with Gasteiger partial charge in [0.25, 0.3) is 0 Å². The van der Waals surface area contributed by atoms with E-state index in [0.29, 0.717) is 6.04 Å². The van der Waals surface area contributed by atoms with Crippen LogP contribution in [0.5, 0.6) is 0 Å². The maximum absolute atomic E-state index is 3.74. The van der Waals surface area contributed by atoms with Crippen LogP contribution in [0.4, 0.5) is 0 Å². The fraction of sp³-hybridized carbons (Fsp3) is 0.647. The molecular formula is C17H27N3. The predicted octanol–water partition coefficient (Wildman–Crippen LogP) is 2.29. The molecule has 1 aromatic carbocycles. The summed E-state index contributed by atoms with van der Waals surface area (Å²) >= 11 is 0. The van der Waals surface area contributed by atoms with Gasteiger partial charge in [-0.3, -0.25) is 5.43 Å². The molecule has 0 radical (unpaired) electrons. The van der Waals surface area contributed by atoms with Crippen LogP contribution in [0.3, 0.4) is 0 Å². The standard InChI is InChI=1S/C17H27N3/c1-3-7-16(8-4-1)9-13-19-14-10-17(15-19)18-20-11-5-2-6-12-20/h1,3-4,7-8,17-18H,2,5-6,9-15H2. The monoisotopic (exact) mass is 273 g/mol. The minimum absolute atomic E-state index is 0.670. The normalized spacial score (nSPS) is 25.1. The van der Waals surface area contributed by atoms with Crippen LogP contribution in [0.25, 0.3) is 0 Å². The first-order valence-electron chi connectivity index (χ1n) is 8.17. The van der Waals surface area contributed by atoms with Gasteiger partial charge < -0.3 is 4.90 Å². The molecule has 1 unspecified atom stereocenters. The Morgan fingerprint density at radius 1 is 1.00 bits per heavy atom. The molecule has 2 fully saturated rings. The summed E-state index contributed by atoms with van der Waals surface area (Å²) in [6.45, 7) is 6.13. The van der Waals surface area contributed by atoms with Gasteiger partial charge in [-0.1, -0.05) is 36.8 Å². The highest BCUT2D eigenvalue weighted by molar-refractivity contribution is 5.14. The van der Waals surface area contributed by atoms with Crippen LogP contribution >= 0.6 is 0 Å². The smallest absolute Gasteiger partial charge is 0.0354 e. The van der Waals surface area contributed by atoms with Gasteiger partial charge in [0.2, 0.25) is 0 Å². The number of nitrogens with one attached hydrogen (secondary N) is 1. The molecule has 0 spiro atoms.